The molecule has 7 heteroatoms. The van der Waals surface area contributed by atoms with Crippen LogP contribution in [0, 0.1) is 5.92 Å². The third-order valence-electron chi connectivity index (χ3n) is 6.00. The summed E-state index contributed by atoms with van der Waals surface area (Å²) in [5.41, 5.74) is 2.16. The molecule has 0 aromatic heterocycles. The lowest BCUT2D eigenvalue weighted by Crippen LogP contribution is -2.49. The standard InChI is InChI=1S/C23H30N4O3/c1-4-26-18-13-27(17(12-14(2)3)21(28)24-16-10-11-16)22(29)19(18)20(25-23(26)30)15-8-6-5-7-9-15/h5-9,14,16-17,20H,4,10-13H2,1-3H3,(H,24,28)(H,25,30)/t17-,20-/m0/s1. The average Bonchev–Trinajstić information content (AvgIpc) is 3.47. The van der Waals surface area contributed by atoms with Crippen molar-refractivity contribution in [1.29, 1.82) is 0 Å². The van der Waals surface area contributed by atoms with Gasteiger partial charge in [-0.2, -0.15) is 0 Å². The van der Waals surface area contributed by atoms with Crippen LogP contribution in [0.1, 0.15) is 51.6 Å². The van der Waals surface area contributed by atoms with Gasteiger partial charge in [-0.3, -0.25) is 14.5 Å². The molecule has 1 aliphatic carbocycles. The number of rotatable bonds is 7. The number of likely N-dealkylation sites (N-methyl/N-ethyl adjacent to an activating group) is 1. The van der Waals surface area contributed by atoms with Crippen LogP contribution < -0.4 is 10.6 Å². The van der Waals surface area contributed by atoms with E-state index in [1.807, 2.05) is 37.3 Å². The van der Waals surface area contributed by atoms with E-state index in [-0.39, 0.29) is 36.3 Å². The van der Waals surface area contributed by atoms with Gasteiger partial charge in [0.15, 0.2) is 0 Å². The van der Waals surface area contributed by atoms with Crippen molar-refractivity contribution in [3.05, 3.63) is 47.2 Å². The molecule has 0 bridgehead atoms. The van der Waals surface area contributed by atoms with Crippen LogP contribution in [0.3, 0.4) is 0 Å². The smallest absolute Gasteiger partial charge is 0.322 e. The lowest BCUT2D eigenvalue weighted by atomic mass is 9.95. The Labute approximate surface area is 177 Å². The summed E-state index contributed by atoms with van der Waals surface area (Å²) in [4.78, 5) is 42.7. The van der Waals surface area contributed by atoms with Crippen LogP contribution in [-0.4, -0.2) is 52.8 Å². The number of hydrogen-bond donors (Lipinski definition) is 2. The molecular weight excluding hydrogens is 380 g/mol. The van der Waals surface area contributed by atoms with Crippen LogP contribution >= 0.6 is 0 Å². The SMILES string of the molecule is CCN1C(=O)N[C@@H](c2ccccc2)C2=C1CN([C@@H](CC(C)C)C(=O)NC1CC1)C2=O. The number of hydrogen-bond acceptors (Lipinski definition) is 3. The minimum atomic E-state index is -0.533. The Balaban J connectivity index is 1.68. The predicted molar refractivity (Wildman–Crippen MR) is 113 cm³/mol. The van der Waals surface area contributed by atoms with E-state index in [1.165, 1.54) is 0 Å². The topological polar surface area (TPSA) is 81.8 Å². The first-order valence-electron chi connectivity index (χ1n) is 10.9. The largest absolute Gasteiger partial charge is 0.352 e. The molecule has 30 heavy (non-hydrogen) atoms. The van der Waals surface area contributed by atoms with Gasteiger partial charge in [0.2, 0.25) is 5.91 Å². The fourth-order valence-electron chi connectivity index (χ4n) is 4.34. The number of nitrogens with zero attached hydrogens (tertiary/aromatic N) is 2. The quantitative estimate of drug-likeness (QED) is 0.725. The zero-order valence-corrected chi connectivity index (χ0v) is 17.9. The highest BCUT2D eigenvalue weighted by molar-refractivity contribution is 6.03. The highest BCUT2D eigenvalue weighted by Gasteiger charge is 2.47. The van der Waals surface area contributed by atoms with Crippen molar-refractivity contribution < 1.29 is 14.4 Å². The first kappa shape index (κ1) is 20.4. The number of nitrogens with one attached hydrogen (secondary N) is 2. The molecule has 4 rings (SSSR count). The van der Waals surface area contributed by atoms with Gasteiger partial charge in [-0.1, -0.05) is 44.2 Å². The molecule has 3 aliphatic rings. The summed E-state index contributed by atoms with van der Waals surface area (Å²) in [6, 6.07) is 8.53. The molecule has 0 saturated heterocycles. The van der Waals surface area contributed by atoms with Crippen LogP contribution in [-0.2, 0) is 9.59 Å². The molecule has 0 spiro atoms. The molecule has 160 valence electrons. The van der Waals surface area contributed by atoms with Gasteiger partial charge >= 0.3 is 6.03 Å². The van der Waals surface area contributed by atoms with E-state index < -0.39 is 12.1 Å². The minimum Gasteiger partial charge on any atom is -0.352 e. The lowest BCUT2D eigenvalue weighted by molar-refractivity contribution is -0.137. The summed E-state index contributed by atoms with van der Waals surface area (Å²) in [5.74, 6) is 0.0178. The maximum atomic E-state index is 13.6. The van der Waals surface area contributed by atoms with E-state index in [0.29, 0.717) is 24.2 Å². The van der Waals surface area contributed by atoms with Crippen molar-refractivity contribution in [2.45, 2.75) is 58.2 Å². The number of amides is 4. The van der Waals surface area contributed by atoms with Crippen molar-refractivity contribution >= 4 is 17.8 Å². The van der Waals surface area contributed by atoms with Crippen LogP contribution in [0.5, 0.6) is 0 Å². The summed E-state index contributed by atoms with van der Waals surface area (Å²) < 4.78 is 0. The Morgan fingerprint density at radius 2 is 1.90 bits per heavy atom. The second-order valence-corrected chi connectivity index (χ2v) is 8.76. The molecule has 7 nitrogen and oxygen atoms in total. The first-order chi connectivity index (χ1) is 14.4. The average molecular weight is 411 g/mol. The summed E-state index contributed by atoms with van der Waals surface area (Å²) in [7, 11) is 0. The van der Waals surface area contributed by atoms with Crippen molar-refractivity contribution in [2.24, 2.45) is 5.92 Å². The van der Waals surface area contributed by atoms with E-state index in [4.69, 9.17) is 0 Å². The van der Waals surface area contributed by atoms with Crippen LogP contribution in [0.2, 0.25) is 0 Å². The van der Waals surface area contributed by atoms with Gasteiger partial charge in [-0.25, -0.2) is 4.79 Å². The van der Waals surface area contributed by atoms with Gasteiger partial charge in [0.1, 0.15) is 6.04 Å². The third kappa shape index (κ3) is 3.80. The molecule has 1 aromatic rings. The zero-order valence-electron chi connectivity index (χ0n) is 17.9. The maximum absolute atomic E-state index is 13.6. The zero-order chi connectivity index (χ0) is 21.4. The Morgan fingerprint density at radius 3 is 2.50 bits per heavy atom. The first-order valence-corrected chi connectivity index (χ1v) is 10.9. The second kappa shape index (κ2) is 8.13. The Kier molecular flexibility index (Phi) is 5.54. The van der Waals surface area contributed by atoms with E-state index >= 15 is 0 Å². The monoisotopic (exact) mass is 410 g/mol. The Hall–Kier alpha value is -2.83. The number of carbonyl (C=O) groups is 3. The van der Waals surface area contributed by atoms with E-state index in [0.717, 1.165) is 18.4 Å². The van der Waals surface area contributed by atoms with Gasteiger partial charge < -0.3 is 15.5 Å². The predicted octanol–water partition coefficient (Wildman–Crippen LogP) is 2.56. The maximum Gasteiger partial charge on any atom is 0.322 e. The van der Waals surface area contributed by atoms with Crippen LogP contribution in [0.25, 0.3) is 0 Å². The summed E-state index contributed by atoms with van der Waals surface area (Å²) in [6.45, 7) is 6.76. The molecule has 2 heterocycles. The molecule has 1 aromatic carbocycles. The third-order valence-corrected chi connectivity index (χ3v) is 6.00. The lowest BCUT2D eigenvalue weighted by Gasteiger charge is -2.32. The van der Waals surface area contributed by atoms with Crippen molar-refractivity contribution in [1.82, 2.24) is 20.4 Å². The Morgan fingerprint density at radius 1 is 1.20 bits per heavy atom. The van der Waals surface area contributed by atoms with Gasteiger partial charge in [0.25, 0.3) is 5.91 Å². The fraction of sp³-hybridized carbons (Fsp3) is 0.522. The van der Waals surface area contributed by atoms with Crippen LogP contribution in [0.15, 0.2) is 41.6 Å². The fourth-order valence-corrected chi connectivity index (χ4v) is 4.34. The second-order valence-electron chi connectivity index (χ2n) is 8.76. The summed E-state index contributed by atoms with van der Waals surface area (Å²) in [5, 5.41) is 6.06. The molecule has 4 amide bonds. The summed E-state index contributed by atoms with van der Waals surface area (Å²) >= 11 is 0. The van der Waals surface area contributed by atoms with E-state index in [9.17, 15) is 14.4 Å². The van der Waals surface area contributed by atoms with Crippen molar-refractivity contribution in [3.8, 4) is 0 Å². The van der Waals surface area contributed by atoms with Gasteiger partial charge in [-0.05, 0) is 37.7 Å². The molecule has 2 atom stereocenters. The molecule has 1 fully saturated rings. The van der Waals surface area contributed by atoms with Gasteiger partial charge in [0, 0.05) is 12.6 Å². The summed E-state index contributed by atoms with van der Waals surface area (Å²) in [6.07, 6.45) is 2.59. The number of carbonyl (C=O) groups excluding carboxylic acids is 3. The number of benzene rings is 1. The number of urea groups is 1. The molecule has 0 radical (unpaired) electrons. The molecule has 1 saturated carbocycles. The highest BCUT2D eigenvalue weighted by Crippen LogP contribution is 2.37. The molecule has 2 aliphatic heterocycles. The van der Waals surface area contributed by atoms with E-state index in [2.05, 4.69) is 24.5 Å². The van der Waals surface area contributed by atoms with Crippen molar-refractivity contribution in [2.75, 3.05) is 13.1 Å². The minimum absolute atomic E-state index is 0.0852. The van der Waals surface area contributed by atoms with Crippen molar-refractivity contribution in [3.63, 3.8) is 0 Å². The molecular formula is C23H30N4O3. The van der Waals surface area contributed by atoms with Crippen LogP contribution in [0.4, 0.5) is 4.79 Å². The normalized spacial score (nSPS) is 22.3. The van der Waals surface area contributed by atoms with Gasteiger partial charge in [-0.15, -0.1) is 0 Å². The highest BCUT2D eigenvalue weighted by atomic mass is 16.2. The molecule has 0 unspecified atom stereocenters. The Bertz CT molecular complexity index is 876. The van der Waals surface area contributed by atoms with E-state index in [1.54, 1.807) is 9.80 Å². The molecule has 2 N–H and O–H groups in total. The van der Waals surface area contributed by atoms with Gasteiger partial charge in [0.05, 0.1) is 23.9 Å².